The van der Waals surface area contributed by atoms with Gasteiger partial charge in [-0.25, -0.2) is 27.3 Å². The molecule has 2 unspecified atom stereocenters. The van der Waals surface area contributed by atoms with Gasteiger partial charge < -0.3 is 0 Å². The zero-order chi connectivity index (χ0) is 18.2. The predicted octanol–water partition coefficient (Wildman–Crippen LogP) is 2.06. The van der Waals surface area contributed by atoms with Crippen molar-refractivity contribution < 1.29 is 12.6 Å². The Hall–Kier alpha value is -1.06. The Morgan fingerprint density at radius 2 is 1.92 bits per heavy atom. The van der Waals surface area contributed by atoms with Gasteiger partial charge in [-0.1, -0.05) is 6.92 Å². The zero-order valence-corrected chi connectivity index (χ0v) is 16.4. The molecule has 0 aromatic carbocycles. The number of anilines is 1. The average Bonchev–Trinajstić information content (AvgIpc) is 3.31. The average molecular weight is 375 g/mol. The van der Waals surface area contributed by atoms with E-state index in [0.717, 1.165) is 0 Å². The van der Waals surface area contributed by atoms with Crippen molar-refractivity contribution in [3.05, 3.63) is 18.0 Å². The summed E-state index contributed by atoms with van der Waals surface area (Å²) in [6.45, 7) is 9.53. The lowest BCUT2D eigenvalue weighted by atomic mass is 9.96. The van der Waals surface area contributed by atoms with E-state index in [-0.39, 0.29) is 11.2 Å². The summed E-state index contributed by atoms with van der Waals surface area (Å²) in [7, 11) is -4.69. The number of hydrogen-bond acceptors (Lipinski definition) is 5. The van der Waals surface area contributed by atoms with E-state index >= 15 is 0 Å². The van der Waals surface area contributed by atoms with Gasteiger partial charge in [-0.2, -0.15) is 0 Å². The van der Waals surface area contributed by atoms with Gasteiger partial charge >= 0.3 is 0 Å². The number of nitrogens with zero attached hydrogens (tertiary/aromatic N) is 2. The Labute approximate surface area is 146 Å². The topological polar surface area (TPSA) is 101 Å². The van der Waals surface area contributed by atoms with Crippen LogP contribution >= 0.6 is 0 Å². The third-order valence-corrected chi connectivity index (χ3v) is 7.56. The lowest BCUT2D eigenvalue weighted by Gasteiger charge is -2.32. The lowest BCUT2D eigenvalue weighted by molar-refractivity contribution is 0.413. The van der Waals surface area contributed by atoms with Crippen molar-refractivity contribution in [3.8, 4) is 0 Å². The van der Waals surface area contributed by atoms with Gasteiger partial charge in [0.2, 0.25) is 16.0 Å². The summed E-state index contributed by atoms with van der Waals surface area (Å²) in [5.41, 5.74) is -0.0491. The van der Waals surface area contributed by atoms with Gasteiger partial charge in [0.15, 0.2) is 0 Å². The quantitative estimate of drug-likeness (QED) is 0.761. The molecule has 0 spiro atoms. The minimum absolute atomic E-state index is 0.0578. The van der Waals surface area contributed by atoms with E-state index in [1.165, 1.54) is 6.20 Å². The van der Waals surface area contributed by atoms with E-state index in [4.69, 9.17) is 0 Å². The Balaban J connectivity index is 2.25. The van der Waals surface area contributed by atoms with Crippen LogP contribution in [0, 0.1) is 0 Å². The first-order chi connectivity index (χ1) is 11.0. The predicted molar refractivity (Wildman–Crippen MR) is 96.3 cm³/mol. The Morgan fingerprint density at radius 3 is 2.42 bits per heavy atom. The Bertz CT molecular complexity index is 726. The number of aromatic nitrogens is 2. The first-order valence-electron chi connectivity index (χ1n) is 8.03. The Morgan fingerprint density at radius 1 is 1.29 bits per heavy atom. The highest BCUT2D eigenvalue weighted by atomic mass is 32.2. The molecular weight excluding hydrogens is 348 g/mol. The van der Waals surface area contributed by atoms with E-state index in [0.29, 0.717) is 25.0 Å². The molecule has 2 N–H and O–H groups in total. The maximum atomic E-state index is 12.5. The van der Waals surface area contributed by atoms with Crippen LogP contribution in [0.5, 0.6) is 0 Å². The highest BCUT2D eigenvalue weighted by molar-refractivity contribution is 7.93. The lowest BCUT2D eigenvalue weighted by Crippen LogP contribution is -2.46. The van der Waals surface area contributed by atoms with Gasteiger partial charge in [-0.15, -0.1) is 0 Å². The molecule has 0 radical (unpaired) electrons. The molecule has 0 amide bonds. The van der Waals surface area contributed by atoms with E-state index in [2.05, 4.69) is 19.4 Å². The van der Waals surface area contributed by atoms with Crippen LogP contribution in [0.2, 0.25) is 0 Å². The standard InChI is InChI=1S/C15H26N4O3S2/c1-6-15(5,19-23(20)14(2,3)4)12-9-10-16-13(17-12)18-24(21,22)11-7-8-11/h9-11,19H,6-8H2,1-5H3,(H,16,17,18). The van der Waals surface area contributed by atoms with Crippen molar-refractivity contribution in [2.45, 2.75) is 69.4 Å². The third kappa shape index (κ3) is 4.52. The summed E-state index contributed by atoms with van der Waals surface area (Å²) < 4.78 is 41.7. The third-order valence-electron chi connectivity index (χ3n) is 4.00. The first kappa shape index (κ1) is 19.3. The van der Waals surface area contributed by atoms with E-state index < -0.39 is 31.3 Å². The number of sulfonamides is 1. The van der Waals surface area contributed by atoms with Crippen molar-refractivity contribution in [2.24, 2.45) is 0 Å². The molecular formula is C15H26N4O3S2. The molecule has 24 heavy (non-hydrogen) atoms. The van der Waals surface area contributed by atoms with Gasteiger partial charge in [0.1, 0.15) is 0 Å². The van der Waals surface area contributed by atoms with Crippen molar-refractivity contribution in [1.82, 2.24) is 14.7 Å². The molecule has 7 nitrogen and oxygen atoms in total. The smallest absolute Gasteiger partial charge is 0.237 e. The van der Waals surface area contributed by atoms with Crippen molar-refractivity contribution >= 4 is 27.0 Å². The first-order valence-corrected chi connectivity index (χ1v) is 10.7. The summed E-state index contributed by atoms with van der Waals surface area (Å²) in [6.07, 6.45) is 3.50. The van der Waals surface area contributed by atoms with Crippen LogP contribution in [0.3, 0.4) is 0 Å². The zero-order valence-electron chi connectivity index (χ0n) is 14.8. The second-order valence-electron chi connectivity index (χ2n) is 7.28. The molecule has 1 aliphatic rings. The summed E-state index contributed by atoms with van der Waals surface area (Å²) in [5, 5.41) is -0.339. The summed E-state index contributed by atoms with van der Waals surface area (Å²) in [5.74, 6) is 0.0578. The molecule has 1 aliphatic carbocycles. The number of hydrogen-bond donors (Lipinski definition) is 2. The van der Waals surface area contributed by atoms with Crippen LogP contribution in [0.15, 0.2) is 12.3 Å². The number of nitrogens with one attached hydrogen (secondary N) is 2. The fraction of sp³-hybridized carbons (Fsp3) is 0.733. The van der Waals surface area contributed by atoms with E-state index in [1.807, 2.05) is 34.6 Å². The van der Waals surface area contributed by atoms with Crippen molar-refractivity contribution in [1.29, 1.82) is 0 Å². The second kappa shape index (κ2) is 6.68. The maximum absolute atomic E-state index is 12.5. The number of rotatable bonds is 7. The minimum atomic E-state index is -3.41. The second-order valence-corrected chi connectivity index (χ2v) is 11.2. The van der Waals surface area contributed by atoms with Crippen LogP contribution in [0.25, 0.3) is 0 Å². The summed E-state index contributed by atoms with van der Waals surface area (Å²) in [6, 6.07) is 1.71. The molecule has 136 valence electrons. The van der Waals surface area contributed by atoms with Crippen LogP contribution < -0.4 is 9.44 Å². The molecule has 1 aromatic rings. The van der Waals surface area contributed by atoms with Gasteiger partial charge in [0.25, 0.3) is 0 Å². The van der Waals surface area contributed by atoms with Gasteiger partial charge in [-0.05, 0) is 53.0 Å². The molecule has 9 heteroatoms. The maximum Gasteiger partial charge on any atom is 0.237 e. The summed E-state index contributed by atoms with van der Waals surface area (Å²) in [4.78, 5) is 8.35. The van der Waals surface area contributed by atoms with Gasteiger partial charge in [0, 0.05) is 6.20 Å². The van der Waals surface area contributed by atoms with E-state index in [1.54, 1.807) is 6.07 Å². The molecule has 1 fully saturated rings. The van der Waals surface area contributed by atoms with Gasteiger partial charge in [-0.3, -0.25) is 4.72 Å². The largest absolute Gasteiger partial charge is 0.251 e. The normalized spacial score (nSPS) is 19.5. The molecule has 0 saturated heterocycles. The van der Waals surface area contributed by atoms with Crippen LogP contribution in [-0.4, -0.2) is 32.6 Å². The van der Waals surface area contributed by atoms with Crippen molar-refractivity contribution in [2.75, 3.05) is 4.72 Å². The SMILES string of the molecule is CCC(C)(NS(=O)C(C)(C)C)c1ccnc(NS(=O)(=O)C2CC2)n1. The van der Waals surface area contributed by atoms with Crippen LogP contribution in [-0.2, 0) is 26.5 Å². The highest BCUT2D eigenvalue weighted by Gasteiger charge is 2.37. The fourth-order valence-electron chi connectivity index (χ4n) is 1.97. The Kier molecular flexibility index (Phi) is 5.37. The molecule has 1 heterocycles. The van der Waals surface area contributed by atoms with Gasteiger partial charge in [0.05, 0.1) is 32.2 Å². The van der Waals surface area contributed by atoms with Crippen molar-refractivity contribution in [3.63, 3.8) is 0 Å². The van der Waals surface area contributed by atoms with Crippen LogP contribution in [0.1, 0.15) is 59.6 Å². The van der Waals surface area contributed by atoms with Crippen LogP contribution in [0.4, 0.5) is 5.95 Å². The molecule has 2 atom stereocenters. The molecule has 1 saturated carbocycles. The summed E-state index contributed by atoms with van der Waals surface area (Å²) >= 11 is 0. The molecule has 0 aliphatic heterocycles. The van der Waals surface area contributed by atoms with E-state index in [9.17, 15) is 12.6 Å². The molecule has 1 aromatic heterocycles. The molecule has 2 rings (SSSR count). The monoisotopic (exact) mass is 374 g/mol. The minimum Gasteiger partial charge on any atom is -0.251 e. The molecule has 0 bridgehead atoms. The fourth-order valence-corrected chi connectivity index (χ4v) is 4.21. The highest BCUT2D eigenvalue weighted by Crippen LogP contribution is 2.30.